The monoisotopic (exact) mass is 220 g/mol. The molecule has 0 aliphatic rings. The van der Waals surface area contributed by atoms with E-state index < -0.39 is 5.97 Å². The first kappa shape index (κ1) is 12.4. The lowest BCUT2D eigenvalue weighted by atomic mass is 9.95. The van der Waals surface area contributed by atoms with Crippen molar-refractivity contribution in [3.63, 3.8) is 0 Å². The van der Waals surface area contributed by atoms with E-state index >= 15 is 0 Å². The topological polar surface area (TPSA) is 43.4 Å². The van der Waals surface area contributed by atoms with Gasteiger partial charge in [-0.2, -0.15) is 0 Å². The van der Waals surface area contributed by atoms with Gasteiger partial charge in [-0.05, 0) is 12.5 Å². The van der Waals surface area contributed by atoms with E-state index in [0.29, 0.717) is 6.61 Å². The van der Waals surface area contributed by atoms with Crippen LogP contribution in [0.25, 0.3) is 0 Å². The summed E-state index contributed by atoms with van der Waals surface area (Å²) < 4.78 is 4.74. The smallest absolute Gasteiger partial charge is 0.313 e. The third-order valence-electron chi connectivity index (χ3n) is 2.41. The van der Waals surface area contributed by atoms with Crippen LogP contribution in [0.3, 0.4) is 0 Å². The average molecular weight is 220 g/mol. The number of esters is 1. The third kappa shape index (κ3) is 3.50. The van der Waals surface area contributed by atoms with Gasteiger partial charge in [0, 0.05) is 5.92 Å². The molecule has 0 amide bonds. The molecule has 16 heavy (non-hydrogen) atoms. The van der Waals surface area contributed by atoms with Gasteiger partial charge in [-0.25, -0.2) is 0 Å². The van der Waals surface area contributed by atoms with Crippen molar-refractivity contribution in [2.75, 3.05) is 6.61 Å². The molecule has 3 heteroatoms. The molecule has 3 nitrogen and oxygen atoms in total. The Balaban J connectivity index is 2.58. The highest BCUT2D eigenvalue weighted by atomic mass is 16.5. The predicted octanol–water partition coefficient (Wildman–Crippen LogP) is 2.31. The lowest BCUT2D eigenvalue weighted by molar-refractivity contribution is -0.145. The summed E-state index contributed by atoms with van der Waals surface area (Å²) in [6, 6.07) is 9.42. The Bertz CT molecular complexity index is 357. The minimum Gasteiger partial charge on any atom is -0.466 e. The maximum absolute atomic E-state index is 11.7. The van der Waals surface area contributed by atoms with Crippen LogP contribution in [0, 0.1) is 0 Å². The molecule has 0 heterocycles. The van der Waals surface area contributed by atoms with Crippen LogP contribution in [0.1, 0.15) is 31.7 Å². The maximum atomic E-state index is 11.7. The highest BCUT2D eigenvalue weighted by Gasteiger charge is 2.18. The van der Waals surface area contributed by atoms with Crippen molar-refractivity contribution >= 4 is 11.8 Å². The number of ether oxygens (including phenoxy) is 1. The molecule has 0 radical (unpaired) electrons. The van der Waals surface area contributed by atoms with E-state index in [2.05, 4.69) is 0 Å². The Morgan fingerprint density at radius 1 is 1.25 bits per heavy atom. The van der Waals surface area contributed by atoms with Crippen LogP contribution in [-0.2, 0) is 14.3 Å². The molecule has 0 N–H and O–H groups in total. The van der Waals surface area contributed by atoms with Gasteiger partial charge in [0.2, 0.25) is 0 Å². The molecule has 1 aromatic rings. The summed E-state index contributed by atoms with van der Waals surface area (Å²) >= 11 is 0. The second-order valence-electron chi connectivity index (χ2n) is 3.58. The molecule has 1 rings (SSSR count). The fourth-order valence-corrected chi connectivity index (χ4v) is 1.43. The third-order valence-corrected chi connectivity index (χ3v) is 2.41. The van der Waals surface area contributed by atoms with Crippen molar-refractivity contribution in [1.29, 1.82) is 0 Å². The summed E-state index contributed by atoms with van der Waals surface area (Å²) in [5, 5.41) is 0. The Labute approximate surface area is 95.4 Å². The van der Waals surface area contributed by atoms with E-state index in [9.17, 15) is 9.59 Å². The number of Topliss-reactive ketones (excluding diaryl/α,β-unsaturated/α-hetero) is 1. The van der Waals surface area contributed by atoms with Crippen molar-refractivity contribution in [3.05, 3.63) is 35.9 Å². The van der Waals surface area contributed by atoms with Crippen molar-refractivity contribution in [2.45, 2.75) is 26.2 Å². The second-order valence-corrected chi connectivity index (χ2v) is 3.58. The Morgan fingerprint density at radius 3 is 2.44 bits per heavy atom. The first-order valence-corrected chi connectivity index (χ1v) is 5.38. The van der Waals surface area contributed by atoms with Crippen molar-refractivity contribution in [3.8, 4) is 0 Å². The van der Waals surface area contributed by atoms with E-state index in [1.54, 1.807) is 13.8 Å². The standard InChI is InChI=1S/C13H16O3/c1-3-16-13(15)9-12(14)10(2)11-7-5-4-6-8-11/h4-8,10H,3,9H2,1-2H3/t10-/m1/s1. The summed E-state index contributed by atoms with van der Waals surface area (Å²) in [4.78, 5) is 22.9. The molecule has 0 aliphatic heterocycles. The molecule has 0 fully saturated rings. The molecule has 0 spiro atoms. The Hall–Kier alpha value is -1.64. The van der Waals surface area contributed by atoms with Gasteiger partial charge in [0.25, 0.3) is 0 Å². The molecule has 0 unspecified atom stereocenters. The zero-order chi connectivity index (χ0) is 12.0. The van der Waals surface area contributed by atoms with Crippen LogP contribution in [-0.4, -0.2) is 18.4 Å². The summed E-state index contributed by atoms with van der Waals surface area (Å²) in [6.45, 7) is 3.84. The average Bonchev–Trinajstić information content (AvgIpc) is 2.29. The van der Waals surface area contributed by atoms with Crippen LogP contribution in [0.4, 0.5) is 0 Å². The summed E-state index contributed by atoms with van der Waals surface area (Å²) in [5.74, 6) is -0.814. The van der Waals surface area contributed by atoms with Crippen LogP contribution < -0.4 is 0 Å². The van der Waals surface area contributed by atoms with Gasteiger partial charge in [0.05, 0.1) is 6.61 Å². The summed E-state index contributed by atoms with van der Waals surface area (Å²) in [6.07, 6.45) is -0.149. The molecule has 0 saturated heterocycles. The minimum atomic E-state index is -0.449. The normalized spacial score (nSPS) is 11.9. The van der Waals surface area contributed by atoms with Crippen LogP contribution in [0.2, 0.25) is 0 Å². The van der Waals surface area contributed by atoms with Gasteiger partial charge >= 0.3 is 5.97 Å². The minimum absolute atomic E-state index is 0.107. The number of carbonyl (C=O) groups is 2. The number of carbonyl (C=O) groups excluding carboxylic acids is 2. The second kappa shape index (κ2) is 6.05. The molecule has 1 aromatic carbocycles. The number of rotatable bonds is 5. The summed E-state index contributed by atoms with van der Waals surface area (Å²) in [5.41, 5.74) is 0.928. The molecule has 0 aromatic heterocycles. The van der Waals surface area contributed by atoms with E-state index in [4.69, 9.17) is 4.74 Å². The molecular formula is C13H16O3. The van der Waals surface area contributed by atoms with Gasteiger partial charge in [0.1, 0.15) is 6.42 Å². The maximum Gasteiger partial charge on any atom is 0.313 e. The van der Waals surface area contributed by atoms with Gasteiger partial charge in [-0.15, -0.1) is 0 Å². The predicted molar refractivity (Wildman–Crippen MR) is 61.1 cm³/mol. The number of hydrogen-bond acceptors (Lipinski definition) is 3. The molecule has 0 aliphatic carbocycles. The van der Waals surface area contributed by atoms with Gasteiger partial charge in [-0.1, -0.05) is 37.3 Å². The summed E-state index contributed by atoms with van der Waals surface area (Å²) in [7, 11) is 0. The first-order valence-electron chi connectivity index (χ1n) is 5.38. The van der Waals surface area contributed by atoms with Gasteiger partial charge in [-0.3, -0.25) is 9.59 Å². The van der Waals surface area contributed by atoms with Gasteiger partial charge < -0.3 is 4.74 Å². The molecular weight excluding hydrogens is 204 g/mol. The number of benzene rings is 1. The lowest BCUT2D eigenvalue weighted by Gasteiger charge is -2.09. The van der Waals surface area contributed by atoms with E-state index in [0.717, 1.165) is 5.56 Å². The zero-order valence-electron chi connectivity index (χ0n) is 9.60. The fourth-order valence-electron chi connectivity index (χ4n) is 1.43. The van der Waals surface area contributed by atoms with E-state index in [1.807, 2.05) is 30.3 Å². The molecule has 0 bridgehead atoms. The Morgan fingerprint density at radius 2 is 1.88 bits per heavy atom. The Kier molecular flexibility index (Phi) is 4.70. The fraction of sp³-hybridized carbons (Fsp3) is 0.385. The first-order chi connectivity index (χ1) is 7.65. The highest BCUT2D eigenvalue weighted by molar-refractivity contribution is 5.98. The largest absolute Gasteiger partial charge is 0.466 e. The van der Waals surface area contributed by atoms with Crippen LogP contribution in [0.5, 0.6) is 0 Å². The van der Waals surface area contributed by atoms with Crippen LogP contribution >= 0.6 is 0 Å². The van der Waals surface area contributed by atoms with Gasteiger partial charge in [0.15, 0.2) is 5.78 Å². The number of ketones is 1. The quantitative estimate of drug-likeness (QED) is 0.565. The lowest BCUT2D eigenvalue weighted by Crippen LogP contribution is -2.16. The van der Waals surface area contributed by atoms with Crippen molar-refractivity contribution in [2.24, 2.45) is 0 Å². The molecule has 1 atom stereocenters. The molecule has 86 valence electrons. The van der Waals surface area contributed by atoms with E-state index in [1.165, 1.54) is 0 Å². The highest BCUT2D eigenvalue weighted by Crippen LogP contribution is 2.17. The SMILES string of the molecule is CCOC(=O)CC(=O)[C@H](C)c1ccccc1. The van der Waals surface area contributed by atoms with Crippen molar-refractivity contribution in [1.82, 2.24) is 0 Å². The van der Waals surface area contributed by atoms with Crippen LogP contribution in [0.15, 0.2) is 30.3 Å². The molecule has 0 saturated carbocycles. The zero-order valence-corrected chi connectivity index (χ0v) is 9.60. The number of hydrogen-bond donors (Lipinski definition) is 0. The van der Waals surface area contributed by atoms with E-state index in [-0.39, 0.29) is 18.1 Å². The van der Waals surface area contributed by atoms with Crippen molar-refractivity contribution < 1.29 is 14.3 Å².